The third-order valence-electron chi connectivity index (χ3n) is 7.09. The molecular weight excluding hydrogens is 449 g/mol. The molecule has 2 aromatic rings. The van der Waals surface area contributed by atoms with Crippen molar-refractivity contribution in [1.29, 1.82) is 0 Å². The van der Waals surface area contributed by atoms with E-state index in [-0.39, 0.29) is 30.2 Å². The molecule has 2 heterocycles. The Bertz CT molecular complexity index is 1060. The van der Waals surface area contributed by atoms with Crippen molar-refractivity contribution in [1.82, 2.24) is 25.3 Å². The SMILES string of the molecule is CN(CCCCCc1cc(-c2cccc(F)c2)n[nH]1)C(=O)CCCN1C(=O)NC2(CCCC2)C1=O. The van der Waals surface area contributed by atoms with Gasteiger partial charge < -0.3 is 10.2 Å². The number of halogens is 1. The highest BCUT2D eigenvalue weighted by molar-refractivity contribution is 6.07. The summed E-state index contributed by atoms with van der Waals surface area (Å²) in [7, 11) is 1.80. The van der Waals surface area contributed by atoms with Crippen molar-refractivity contribution >= 4 is 17.8 Å². The van der Waals surface area contributed by atoms with Gasteiger partial charge in [0.1, 0.15) is 11.4 Å². The highest BCUT2D eigenvalue weighted by Gasteiger charge is 2.52. The summed E-state index contributed by atoms with van der Waals surface area (Å²) in [5.74, 6) is -0.375. The lowest BCUT2D eigenvalue weighted by Crippen LogP contribution is -2.44. The molecule has 4 amide bonds. The van der Waals surface area contributed by atoms with E-state index in [0.29, 0.717) is 32.2 Å². The third kappa shape index (κ3) is 5.89. The maximum Gasteiger partial charge on any atom is 0.325 e. The minimum absolute atomic E-state index is 0.0286. The van der Waals surface area contributed by atoms with E-state index in [1.165, 1.54) is 17.0 Å². The second-order valence-corrected chi connectivity index (χ2v) is 9.69. The van der Waals surface area contributed by atoms with Crippen molar-refractivity contribution in [3.05, 3.63) is 41.8 Å². The van der Waals surface area contributed by atoms with Gasteiger partial charge in [0, 0.05) is 37.8 Å². The Labute approximate surface area is 205 Å². The number of benzene rings is 1. The van der Waals surface area contributed by atoms with Crippen molar-refractivity contribution in [2.75, 3.05) is 20.1 Å². The largest absolute Gasteiger partial charge is 0.346 e. The molecule has 0 radical (unpaired) electrons. The van der Waals surface area contributed by atoms with Crippen molar-refractivity contribution < 1.29 is 18.8 Å². The number of hydrogen-bond donors (Lipinski definition) is 2. The van der Waals surface area contributed by atoms with Gasteiger partial charge in [0.05, 0.1) is 5.69 Å². The number of aromatic amines is 1. The number of rotatable bonds is 11. The van der Waals surface area contributed by atoms with Gasteiger partial charge in [-0.05, 0) is 56.7 Å². The molecular formula is C26H34FN5O3. The normalized spacial score (nSPS) is 16.8. The van der Waals surface area contributed by atoms with Crippen molar-refractivity contribution in [3.63, 3.8) is 0 Å². The zero-order valence-electron chi connectivity index (χ0n) is 20.3. The average molecular weight is 484 g/mol. The minimum atomic E-state index is -0.685. The van der Waals surface area contributed by atoms with Crippen LogP contribution in [-0.2, 0) is 16.0 Å². The molecule has 1 aliphatic carbocycles. The lowest BCUT2D eigenvalue weighted by Gasteiger charge is -2.20. The van der Waals surface area contributed by atoms with Crippen LogP contribution in [-0.4, -0.2) is 63.5 Å². The van der Waals surface area contributed by atoms with E-state index >= 15 is 0 Å². The molecule has 188 valence electrons. The van der Waals surface area contributed by atoms with Crippen LogP contribution in [0, 0.1) is 5.82 Å². The topological polar surface area (TPSA) is 98.4 Å². The van der Waals surface area contributed by atoms with Crippen LogP contribution in [0.25, 0.3) is 11.3 Å². The van der Waals surface area contributed by atoms with E-state index < -0.39 is 5.54 Å². The van der Waals surface area contributed by atoms with Crippen molar-refractivity contribution in [2.24, 2.45) is 0 Å². The molecule has 8 nitrogen and oxygen atoms in total. The number of nitrogens with zero attached hydrogens (tertiary/aromatic N) is 3. The number of nitrogens with one attached hydrogen (secondary N) is 2. The summed E-state index contributed by atoms with van der Waals surface area (Å²) in [5, 5.41) is 10.2. The maximum absolute atomic E-state index is 13.4. The summed E-state index contributed by atoms with van der Waals surface area (Å²) >= 11 is 0. The van der Waals surface area contributed by atoms with Gasteiger partial charge in [0.25, 0.3) is 5.91 Å². The third-order valence-corrected chi connectivity index (χ3v) is 7.09. The van der Waals surface area contributed by atoms with Crippen LogP contribution in [0.15, 0.2) is 30.3 Å². The second kappa shape index (κ2) is 11.0. The Kier molecular flexibility index (Phi) is 7.83. The monoisotopic (exact) mass is 483 g/mol. The lowest BCUT2D eigenvalue weighted by atomic mass is 9.98. The van der Waals surface area contributed by atoms with E-state index in [4.69, 9.17) is 0 Å². The standard InChI is InChI=1S/C26H34FN5O3/c1-31(23(33)12-8-16-32-24(34)26(28-25(32)35)13-4-5-14-26)15-6-2-3-11-21-18-22(30-29-21)19-9-7-10-20(27)17-19/h7,9-10,17-18H,2-6,8,11-16H2,1H3,(H,28,35)(H,29,30). The smallest absolute Gasteiger partial charge is 0.325 e. The van der Waals surface area contributed by atoms with Crippen LogP contribution < -0.4 is 5.32 Å². The first-order valence-electron chi connectivity index (χ1n) is 12.6. The number of unbranched alkanes of at least 4 members (excludes halogenated alkanes) is 2. The summed E-state index contributed by atoms with van der Waals surface area (Å²) in [6.07, 6.45) is 7.80. The van der Waals surface area contributed by atoms with Crippen molar-refractivity contribution in [3.8, 4) is 11.3 Å². The minimum Gasteiger partial charge on any atom is -0.346 e. The summed E-state index contributed by atoms with van der Waals surface area (Å²) in [5.41, 5.74) is 1.81. The molecule has 9 heteroatoms. The highest BCUT2D eigenvalue weighted by Crippen LogP contribution is 2.35. The molecule has 1 spiro atoms. The summed E-state index contributed by atoms with van der Waals surface area (Å²) in [4.78, 5) is 40.4. The molecule has 1 aliphatic heterocycles. The highest BCUT2D eigenvalue weighted by atomic mass is 19.1. The molecule has 2 aliphatic rings. The Hall–Kier alpha value is -3.23. The Morgan fingerprint density at radius 3 is 2.71 bits per heavy atom. The van der Waals surface area contributed by atoms with Gasteiger partial charge in [-0.2, -0.15) is 5.10 Å². The van der Waals surface area contributed by atoms with Gasteiger partial charge in [-0.1, -0.05) is 31.4 Å². The molecule has 2 N–H and O–H groups in total. The van der Waals surface area contributed by atoms with Crippen molar-refractivity contribution in [2.45, 2.75) is 69.7 Å². The molecule has 4 rings (SSSR count). The molecule has 1 aromatic heterocycles. The van der Waals surface area contributed by atoms with Gasteiger partial charge in [-0.15, -0.1) is 0 Å². The predicted molar refractivity (Wildman–Crippen MR) is 130 cm³/mol. The maximum atomic E-state index is 13.4. The van der Waals surface area contributed by atoms with E-state index in [1.54, 1.807) is 18.0 Å². The number of aryl methyl sites for hydroxylation is 1. The van der Waals surface area contributed by atoms with Crippen LogP contribution in [0.5, 0.6) is 0 Å². The average Bonchev–Trinajstić information content (AvgIpc) is 3.56. The molecule has 1 aromatic carbocycles. The van der Waals surface area contributed by atoms with Crippen LogP contribution in [0.3, 0.4) is 0 Å². The zero-order valence-corrected chi connectivity index (χ0v) is 20.3. The summed E-state index contributed by atoms with van der Waals surface area (Å²) < 4.78 is 13.4. The number of urea groups is 1. The quantitative estimate of drug-likeness (QED) is 0.372. The molecule has 1 saturated heterocycles. The number of carbonyl (C=O) groups is 3. The number of aromatic nitrogens is 2. The Morgan fingerprint density at radius 1 is 1.14 bits per heavy atom. The molecule has 0 unspecified atom stereocenters. The van der Waals surface area contributed by atoms with Crippen LogP contribution in [0.1, 0.15) is 63.5 Å². The van der Waals surface area contributed by atoms with E-state index in [0.717, 1.165) is 55.5 Å². The number of H-pyrrole nitrogens is 1. The second-order valence-electron chi connectivity index (χ2n) is 9.69. The first-order chi connectivity index (χ1) is 16.9. The fraction of sp³-hybridized carbons (Fsp3) is 0.538. The van der Waals surface area contributed by atoms with E-state index in [1.807, 2.05) is 12.1 Å². The Balaban J connectivity index is 1.10. The lowest BCUT2D eigenvalue weighted by molar-refractivity contribution is -0.133. The fourth-order valence-electron chi connectivity index (χ4n) is 5.03. The zero-order chi connectivity index (χ0) is 24.8. The molecule has 35 heavy (non-hydrogen) atoms. The summed E-state index contributed by atoms with van der Waals surface area (Å²) in [6, 6.07) is 8.01. The molecule has 0 atom stereocenters. The van der Waals surface area contributed by atoms with Gasteiger partial charge in [0.2, 0.25) is 5.91 Å². The van der Waals surface area contributed by atoms with E-state index in [2.05, 4.69) is 15.5 Å². The van der Waals surface area contributed by atoms with Crippen LogP contribution in [0.4, 0.5) is 9.18 Å². The van der Waals surface area contributed by atoms with Gasteiger partial charge >= 0.3 is 6.03 Å². The Morgan fingerprint density at radius 2 is 1.94 bits per heavy atom. The number of imide groups is 1. The van der Waals surface area contributed by atoms with Gasteiger partial charge in [-0.3, -0.25) is 19.6 Å². The molecule has 2 fully saturated rings. The van der Waals surface area contributed by atoms with Crippen LogP contribution in [0.2, 0.25) is 0 Å². The number of amides is 4. The predicted octanol–water partition coefficient (Wildman–Crippen LogP) is 4.03. The first kappa shape index (κ1) is 24.9. The van der Waals surface area contributed by atoms with Gasteiger partial charge in [-0.25, -0.2) is 9.18 Å². The van der Waals surface area contributed by atoms with Gasteiger partial charge in [0.15, 0.2) is 0 Å². The first-order valence-corrected chi connectivity index (χ1v) is 12.6. The van der Waals surface area contributed by atoms with E-state index in [9.17, 15) is 18.8 Å². The molecule has 1 saturated carbocycles. The van der Waals surface area contributed by atoms with Crippen LogP contribution >= 0.6 is 0 Å². The number of hydrogen-bond acceptors (Lipinski definition) is 4. The fourth-order valence-corrected chi connectivity index (χ4v) is 5.03. The summed E-state index contributed by atoms with van der Waals surface area (Å²) in [6.45, 7) is 0.955. The number of carbonyl (C=O) groups excluding carboxylic acids is 3. The molecule has 0 bridgehead atoms.